The highest BCUT2D eigenvalue weighted by Crippen LogP contribution is 2.33. The quantitative estimate of drug-likeness (QED) is 0.868. The van der Waals surface area contributed by atoms with Crippen LogP contribution in [0.1, 0.15) is 30.4 Å². The van der Waals surface area contributed by atoms with Crippen LogP contribution in [0.5, 0.6) is 0 Å². The zero-order chi connectivity index (χ0) is 15.0. The fourth-order valence-corrected chi connectivity index (χ4v) is 4.91. The first-order valence-corrected chi connectivity index (χ1v) is 8.99. The zero-order valence-electron chi connectivity index (χ0n) is 12.3. The van der Waals surface area contributed by atoms with Crippen molar-refractivity contribution >= 4 is 15.7 Å². The fourth-order valence-electron chi connectivity index (χ4n) is 3.18. The van der Waals surface area contributed by atoms with Crippen LogP contribution >= 0.6 is 0 Å². The van der Waals surface area contributed by atoms with Crippen molar-refractivity contribution in [2.45, 2.75) is 43.6 Å². The lowest BCUT2D eigenvalue weighted by molar-refractivity contribution is 0.113. The van der Waals surface area contributed by atoms with Crippen LogP contribution in [0.2, 0.25) is 0 Å². The summed E-state index contributed by atoms with van der Waals surface area (Å²) in [7, 11) is -3.46. The minimum absolute atomic E-state index is 0.370. The van der Waals surface area contributed by atoms with Gasteiger partial charge in [-0.15, -0.1) is 0 Å². The second-order valence-electron chi connectivity index (χ2n) is 5.90. The summed E-state index contributed by atoms with van der Waals surface area (Å²) in [6.07, 6.45) is 2.43. The molecule has 116 valence electrons. The van der Waals surface area contributed by atoms with Gasteiger partial charge in [0, 0.05) is 25.3 Å². The minimum atomic E-state index is -3.46. The third-order valence-corrected chi connectivity index (χ3v) is 6.41. The second-order valence-corrected chi connectivity index (χ2v) is 7.81. The molecule has 2 aliphatic heterocycles. The van der Waals surface area contributed by atoms with Gasteiger partial charge in [-0.3, -0.25) is 0 Å². The molecule has 1 aromatic carbocycles. The van der Waals surface area contributed by atoms with Crippen LogP contribution in [-0.2, 0) is 16.4 Å². The van der Waals surface area contributed by atoms with Crippen LogP contribution < -0.4 is 5.32 Å². The molecule has 0 saturated carbocycles. The third-order valence-electron chi connectivity index (χ3n) is 4.42. The van der Waals surface area contributed by atoms with Crippen molar-refractivity contribution in [1.29, 1.82) is 0 Å². The molecule has 6 heteroatoms. The number of aliphatic hydroxyl groups is 1. The lowest BCUT2D eigenvalue weighted by Gasteiger charge is -2.31. The van der Waals surface area contributed by atoms with Crippen LogP contribution in [0.25, 0.3) is 0 Å². The number of hydrogen-bond acceptors (Lipinski definition) is 4. The number of anilines is 1. The van der Waals surface area contributed by atoms with Gasteiger partial charge in [0.25, 0.3) is 0 Å². The molecule has 2 N–H and O–H groups in total. The van der Waals surface area contributed by atoms with E-state index in [0.29, 0.717) is 30.8 Å². The maximum atomic E-state index is 12.9. The maximum absolute atomic E-state index is 12.9. The Morgan fingerprint density at radius 2 is 2.00 bits per heavy atom. The van der Waals surface area contributed by atoms with E-state index in [9.17, 15) is 13.5 Å². The van der Waals surface area contributed by atoms with E-state index in [-0.39, 0.29) is 6.10 Å². The SMILES string of the molecule is Cc1ccc(S(=O)(=O)N2CCC(O)CC2)c2c1NCCC2. The molecule has 0 aromatic heterocycles. The van der Waals surface area contributed by atoms with Gasteiger partial charge in [-0.25, -0.2) is 8.42 Å². The molecule has 21 heavy (non-hydrogen) atoms. The minimum Gasteiger partial charge on any atom is -0.393 e. The predicted molar refractivity (Wildman–Crippen MR) is 82.0 cm³/mol. The van der Waals surface area contributed by atoms with Gasteiger partial charge < -0.3 is 10.4 Å². The van der Waals surface area contributed by atoms with Crippen molar-refractivity contribution in [3.8, 4) is 0 Å². The second kappa shape index (κ2) is 5.59. The molecule has 3 rings (SSSR count). The number of aliphatic hydroxyl groups excluding tert-OH is 1. The monoisotopic (exact) mass is 310 g/mol. The first-order valence-electron chi connectivity index (χ1n) is 7.54. The van der Waals surface area contributed by atoms with Crippen LogP contribution in [-0.4, -0.2) is 43.6 Å². The number of aryl methyl sites for hydroxylation is 1. The Morgan fingerprint density at radius 3 is 2.71 bits per heavy atom. The topological polar surface area (TPSA) is 69.6 Å². The van der Waals surface area contributed by atoms with Crippen molar-refractivity contribution in [2.75, 3.05) is 25.0 Å². The Hall–Kier alpha value is -1.11. The summed E-state index contributed by atoms with van der Waals surface area (Å²) in [6, 6.07) is 3.62. The summed E-state index contributed by atoms with van der Waals surface area (Å²) >= 11 is 0. The zero-order valence-corrected chi connectivity index (χ0v) is 13.1. The van der Waals surface area contributed by atoms with Crippen LogP contribution in [0.3, 0.4) is 0 Å². The van der Waals surface area contributed by atoms with E-state index in [1.807, 2.05) is 13.0 Å². The van der Waals surface area contributed by atoms with Crippen molar-refractivity contribution in [3.05, 3.63) is 23.3 Å². The molecular formula is C15H22N2O3S. The first kappa shape index (κ1) is 14.8. The Morgan fingerprint density at radius 1 is 1.29 bits per heavy atom. The number of rotatable bonds is 2. The fraction of sp³-hybridized carbons (Fsp3) is 0.600. The summed E-state index contributed by atoms with van der Waals surface area (Å²) < 4.78 is 27.3. The molecule has 0 amide bonds. The molecule has 0 unspecified atom stereocenters. The third kappa shape index (κ3) is 2.67. The number of piperidine rings is 1. The summed E-state index contributed by atoms with van der Waals surface area (Å²) in [4.78, 5) is 0.437. The molecule has 0 aliphatic carbocycles. The predicted octanol–water partition coefficient (Wildman–Crippen LogP) is 1.50. The Balaban J connectivity index is 1.99. The van der Waals surface area contributed by atoms with Gasteiger partial charge in [-0.1, -0.05) is 6.07 Å². The normalized spacial score (nSPS) is 20.9. The van der Waals surface area contributed by atoms with E-state index in [1.54, 1.807) is 6.07 Å². The van der Waals surface area contributed by atoms with Crippen LogP contribution in [0.15, 0.2) is 17.0 Å². The first-order chi connectivity index (χ1) is 10.00. The van der Waals surface area contributed by atoms with E-state index >= 15 is 0 Å². The van der Waals surface area contributed by atoms with E-state index < -0.39 is 10.0 Å². The van der Waals surface area contributed by atoms with E-state index in [1.165, 1.54) is 4.31 Å². The highest BCUT2D eigenvalue weighted by Gasteiger charge is 2.31. The van der Waals surface area contributed by atoms with Crippen molar-refractivity contribution in [2.24, 2.45) is 0 Å². The number of fused-ring (bicyclic) bond motifs is 1. The van der Waals surface area contributed by atoms with Gasteiger partial charge in [0.2, 0.25) is 10.0 Å². The molecule has 1 aromatic rings. The van der Waals surface area contributed by atoms with E-state index in [0.717, 1.165) is 36.2 Å². The molecule has 1 saturated heterocycles. The number of sulfonamides is 1. The largest absolute Gasteiger partial charge is 0.393 e. The summed E-state index contributed by atoms with van der Waals surface area (Å²) in [6.45, 7) is 3.71. The summed E-state index contributed by atoms with van der Waals surface area (Å²) in [5, 5.41) is 12.9. The molecule has 2 aliphatic rings. The standard InChI is InChI=1S/C15H22N2O3S/c1-11-4-5-14(13-3-2-8-16-15(11)13)21(19,20)17-9-6-12(18)7-10-17/h4-5,12,16,18H,2-3,6-10H2,1H3. The van der Waals surface area contributed by atoms with Crippen molar-refractivity contribution in [1.82, 2.24) is 4.31 Å². The molecule has 2 heterocycles. The van der Waals surface area contributed by atoms with E-state index in [2.05, 4.69) is 5.32 Å². The van der Waals surface area contributed by atoms with Crippen LogP contribution in [0, 0.1) is 6.92 Å². The highest BCUT2D eigenvalue weighted by molar-refractivity contribution is 7.89. The molecule has 0 atom stereocenters. The molecule has 5 nitrogen and oxygen atoms in total. The Kier molecular flexibility index (Phi) is 3.94. The lowest BCUT2D eigenvalue weighted by atomic mass is 10.00. The van der Waals surface area contributed by atoms with Gasteiger partial charge >= 0.3 is 0 Å². The number of nitrogens with one attached hydrogen (secondary N) is 1. The molecule has 0 spiro atoms. The van der Waals surface area contributed by atoms with Gasteiger partial charge in [-0.2, -0.15) is 4.31 Å². The van der Waals surface area contributed by atoms with Gasteiger partial charge in [0.1, 0.15) is 0 Å². The van der Waals surface area contributed by atoms with Gasteiger partial charge in [-0.05, 0) is 49.8 Å². The Bertz CT molecular complexity index is 635. The molecule has 1 fully saturated rings. The molecular weight excluding hydrogens is 288 g/mol. The Labute approximate surface area is 126 Å². The van der Waals surface area contributed by atoms with Crippen molar-refractivity contribution < 1.29 is 13.5 Å². The smallest absolute Gasteiger partial charge is 0.243 e. The molecule has 0 radical (unpaired) electrons. The van der Waals surface area contributed by atoms with Crippen molar-refractivity contribution in [3.63, 3.8) is 0 Å². The van der Waals surface area contributed by atoms with E-state index in [4.69, 9.17) is 0 Å². The lowest BCUT2D eigenvalue weighted by Crippen LogP contribution is -2.40. The number of benzene rings is 1. The maximum Gasteiger partial charge on any atom is 0.243 e. The van der Waals surface area contributed by atoms with Gasteiger partial charge in [0.05, 0.1) is 11.0 Å². The summed E-state index contributed by atoms with van der Waals surface area (Å²) in [5.74, 6) is 0. The number of hydrogen-bond donors (Lipinski definition) is 2. The number of nitrogens with zero attached hydrogens (tertiary/aromatic N) is 1. The average molecular weight is 310 g/mol. The van der Waals surface area contributed by atoms with Crippen LogP contribution in [0.4, 0.5) is 5.69 Å². The molecule has 0 bridgehead atoms. The highest BCUT2D eigenvalue weighted by atomic mass is 32.2. The van der Waals surface area contributed by atoms with Gasteiger partial charge in [0.15, 0.2) is 0 Å². The average Bonchev–Trinajstić information content (AvgIpc) is 2.48. The summed E-state index contributed by atoms with van der Waals surface area (Å²) in [5.41, 5.74) is 3.00.